The summed E-state index contributed by atoms with van der Waals surface area (Å²) < 4.78 is 0. The first kappa shape index (κ1) is 19.5. The molecule has 29 heavy (non-hydrogen) atoms. The number of rotatable bonds is 8. The highest BCUT2D eigenvalue weighted by Gasteiger charge is 2.16. The number of para-hydroxylation sites is 1. The van der Waals surface area contributed by atoms with Crippen molar-refractivity contribution in [1.82, 2.24) is 9.88 Å². The number of amides is 1. The Morgan fingerprint density at radius 3 is 2.59 bits per heavy atom. The zero-order chi connectivity index (χ0) is 20.1. The van der Waals surface area contributed by atoms with Gasteiger partial charge in [-0.05, 0) is 54.0 Å². The number of nitrogens with one attached hydrogen (secondary N) is 1. The summed E-state index contributed by atoms with van der Waals surface area (Å²) in [5.74, 6) is 0.224. The lowest BCUT2D eigenvalue weighted by molar-refractivity contribution is -0.131. The molecule has 1 N–H and O–H groups in total. The number of benzene rings is 2. The Balaban J connectivity index is 1.46. The minimum Gasteiger partial charge on any atom is -0.361 e. The first-order chi connectivity index (χ1) is 14.2. The first-order valence-corrected chi connectivity index (χ1v) is 11.0. The van der Waals surface area contributed by atoms with Gasteiger partial charge in [-0.3, -0.25) is 4.79 Å². The number of carbonyl (C=O) groups is 1. The molecule has 3 nitrogen and oxygen atoms in total. The van der Waals surface area contributed by atoms with Crippen molar-refractivity contribution in [1.29, 1.82) is 0 Å². The Morgan fingerprint density at radius 2 is 1.79 bits per heavy atom. The van der Waals surface area contributed by atoms with E-state index < -0.39 is 0 Å². The van der Waals surface area contributed by atoms with Crippen LogP contribution in [0.3, 0.4) is 0 Å². The van der Waals surface area contributed by atoms with Gasteiger partial charge in [-0.15, -0.1) is 11.3 Å². The van der Waals surface area contributed by atoms with Crippen molar-refractivity contribution in [3.05, 3.63) is 93.8 Å². The van der Waals surface area contributed by atoms with Crippen LogP contribution in [0.15, 0.2) is 72.2 Å². The number of H-pyrrole nitrogens is 1. The van der Waals surface area contributed by atoms with Crippen LogP contribution in [-0.2, 0) is 24.2 Å². The third-order valence-corrected chi connectivity index (χ3v) is 6.46. The van der Waals surface area contributed by atoms with E-state index in [1.807, 2.05) is 29.2 Å². The molecule has 0 unspecified atom stereocenters. The highest BCUT2D eigenvalue weighted by molar-refractivity contribution is 7.10. The first-order valence-electron chi connectivity index (χ1n) is 10.1. The third-order valence-electron chi connectivity index (χ3n) is 5.45. The predicted molar refractivity (Wildman–Crippen MR) is 121 cm³/mol. The Hall–Kier alpha value is -2.85. The summed E-state index contributed by atoms with van der Waals surface area (Å²) in [6.45, 7) is 3.55. The Kier molecular flexibility index (Phi) is 6.11. The number of hydrogen-bond donors (Lipinski definition) is 1. The Morgan fingerprint density at radius 1 is 1.00 bits per heavy atom. The normalized spacial score (nSPS) is 11.1. The van der Waals surface area contributed by atoms with Crippen molar-refractivity contribution in [3.8, 4) is 0 Å². The van der Waals surface area contributed by atoms with Gasteiger partial charge in [0.05, 0.1) is 6.54 Å². The van der Waals surface area contributed by atoms with Gasteiger partial charge in [0.25, 0.3) is 0 Å². The molecule has 2 heterocycles. The summed E-state index contributed by atoms with van der Waals surface area (Å²) in [4.78, 5) is 19.7. The molecule has 0 atom stereocenters. The lowest BCUT2D eigenvalue weighted by atomic mass is 10.1. The minimum atomic E-state index is 0.224. The highest BCUT2D eigenvalue weighted by atomic mass is 32.1. The summed E-state index contributed by atoms with van der Waals surface area (Å²) in [6, 6.07) is 20.7. The van der Waals surface area contributed by atoms with Crippen LogP contribution in [-0.4, -0.2) is 22.3 Å². The van der Waals surface area contributed by atoms with Gasteiger partial charge in [0, 0.05) is 34.9 Å². The predicted octanol–water partition coefficient (Wildman–Crippen LogP) is 5.74. The van der Waals surface area contributed by atoms with E-state index in [4.69, 9.17) is 0 Å². The average Bonchev–Trinajstić information content (AvgIpc) is 3.36. The number of thiophene rings is 1. The fourth-order valence-electron chi connectivity index (χ4n) is 3.68. The number of carbonyl (C=O) groups excluding carboxylic acids is 1. The molecule has 0 aliphatic heterocycles. The van der Waals surface area contributed by atoms with Crippen LogP contribution in [0.1, 0.15) is 28.0 Å². The van der Waals surface area contributed by atoms with Gasteiger partial charge in [0.15, 0.2) is 0 Å². The molecule has 0 saturated carbocycles. The third kappa shape index (κ3) is 4.77. The maximum absolute atomic E-state index is 13.1. The molecule has 4 heteroatoms. The van der Waals surface area contributed by atoms with E-state index in [1.165, 1.54) is 27.0 Å². The van der Waals surface area contributed by atoms with E-state index in [2.05, 4.69) is 59.9 Å². The summed E-state index contributed by atoms with van der Waals surface area (Å²) in [5.41, 5.74) is 4.90. The number of nitrogens with zero attached hydrogens (tertiary/aromatic N) is 1. The van der Waals surface area contributed by atoms with Gasteiger partial charge in [-0.2, -0.15) is 0 Å². The van der Waals surface area contributed by atoms with E-state index in [1.54, 1.807) is 11.3 Å². The number of hydrogen-bond acceptors (Lipinski definition) is 2. The maximum atomic E-state index is 13.1. The van der Waals surface area contributed by atoms with Gasteiger partial charge in [-0.1, -0.05) is 48.5 Å². The highest BCUT2D eigenvalue weighted by Crippen LogP contribution is 2.21. The van der Waals surface area contributed by atoms with Crippen molar-refractivity contribution < 1.29 is 4.79 Å². The molecule has 0 bridgehead atoms. The summed E-state index contributed by atoms with van der Waals surface area (Å²) in [5, 5.41) is 3.35. The molecule has 148 valence electrons. The molecule has 0 radical (unpaired) electrons. The van der Waals surface area contributed by atoms with Gasteiger partial charge < -0.3 is 9.88 Å². The van der Waals surface area contributed by atoms with Crippen molar-refractivity contribution >= 4 is 28.1 Å². The van der Waals surface area contributed by atoms with Crippen LogP contribution in [0.5, 0.6) is 0 Å². The summed E-state index contributed by atoms with van der Waals surface area (Å²) >= 11 is 1.74. The zero-order valence-corrected chi connectivity index (χ0v) is 17.5. The van der Waals surface area contributed by atoms with Crippen LogP contribution in [0.2, 0.25) is 0 Å². The molecule has 4 rings (SSSR count). The number of aromatic amines is 1. The second kappa shape index (κ2) is 9.10. The van der Waals surface area contributed by atoms with Crippen LogP contribution < -0.4 is 0 Å². The Bertz CT molecular complexity index is 1080. The molecule has 0 spiro atoms. The van der Waals surface area contributed by atoms with Gasteiger partial charge in [0.2, 0.25) is 5.91 Å². The zero-order valence-electron chi connectivity index (χ0n) is 16.7. The van der Waals surface area contributed by atoms with Crippen molar-refractivity contribution in [3.63, 3.8) is 0 Å². The SMILES string of the molecule is Cc1ccsc1CN(CCc1c[nH]c2ccccc12)C(=O)CCc1ccccc1. The second-order valence-electron chi connectivity index (χ2n) is 7.44. The van der Waals surface area contributed by atoms with Crippen LogP contribution in [0.4, 0.5) is 0 Å². The topological polar surface area (TPSA) is 36.1 Å². The molecule has 0 aliphatic rings. The molecule has 0 saturated heterocycles. The molecule has 0 fully saturated rings. The number of fused-ring (bicyclic) bond motifs is 1. The lowest BCUT2D eigenvalue weighted by Crippen LogP contribution is -2.32. The molecule has 2 aromatic carbocycles. The van der Waals surface area contributed by atoms with E-state index in [-0.39, 0.29) is 5.91 Å². The van der Waals surface area contributed by atoms with Crippen LogP contribution in [0.25, 0.3) is 10.9 Å². The molecule has 4 aromatic rings. The molecule has 2 aromatic heterocycles. The summed E-state index contributed by atoms with van der Waals surface area (Å²) in [6.07, 6.45) is 4.26. The minimum absolute atomic E-state index is 0.224. The van der Waals surface area contributed by atoms with E-state index in [0.29, 0.717) is 13.0 Å². The van der Waals surface area contributed by atoms with Crippen molar-refractivity contribution in [2.24, 2.45) is 0 Å². The summed E-state index contributed by atoms with van der Waals surface area (Å²) in [7, 11) is 0. The van der Waals surface area contributed by atoms with E-state index >= 15 is 0 Å². The molecular formula is C25H26N2OS. The van der Waals surface area contributed by atoms with Crippen LogP contribution >= 0.6 is 11.3 Å². The fraction of sp³-hybridized carbons (Fsp3) is 0.240. The fourth-order valence-corrected chi connectivity index (χ4v) is 4.60. The maximum Gasteiger partial charge on any atom is 0.223 e. The van der Waals surface area contributed by atoms with E-state index in [0.717, 1.165) is 24.9 Å². The van der Waals surface area contributed by atoms with E-state index in [9.17, 15) is 4.79 Å². The second-order valence-corrected chi connectivity index (χ2v) is 8.44. The van der Waals surface area contributed by atoms with Crippen molar-refractivity contribution in [2.75, 3.05) is 6.54 Å². The molecule has 0 aliphatic carbocycles. The van der Waals surface area contributed by atoms with Gasteiger partial charge in [0.1, 0.15) is 0 Å². The monoisotopic (exact) mass is 402 g/mol. The van der Waals surface area contributed by atoms with Gasteiger partial charge in [-0.25, -0.2) is 0 Å². The van der Waals surface area contributed by atoms with Crippen LogP contribution in [0, 0.1) is 6.92 Å². The molecule has 1 amide bonds. The number of aromatic nitrogens is 1. The molecular weight excluding hydrogens is 376 g/mol. The number of aryl methyl sites for hydroxylation is 2. The Labute approximate surface area is 176 Å². The average molecular weight is 403 g/mol. The smallest absolute Gasteiger partial charge is 0.223 e. The van der Waals surface area contributed by atoms with Crippen molar-refractivity contribution in [2.45, 2.75) is 32.7 Å². The lowest BCUT2D eigenvalue weighted by Gasteiger charge is -2.23. The standard InChI is InChI=1S/C25H26N2OS/c1-19-14-16-29-24(19)18-27(25(28)12-11-20-7-3-2-4-8-20)15-13-21-17-26-23-10-6-5-9-22(21)23/h2-10,14,16-17,26H,11-13,15,18H2,1H3. The van der Waals surface area contributed by atoms with Gasteiger partial charge >= 0.3 is 0 Å². The largest absolute Gasteiger partial charge is 0.361 e. The quantitative estimate of drug-likeness (QED) is 0.401.